The van der Waals surface area contributed by atoms with Crippen LogP contribution in [-0.4, -0.2) is 98.4 Å². The van der Waals surface area contributed by atoms with Gasteiger partial charge in [-0.15, -0.1) is 0 Å². The number of amides is 3. The van der Waals surface area contributed by atoms with Crippen LogP contribution in [0.1, 0.15) is 58.4 Å². The van der Waals surface area contributed by atoms with Crippen LogP contribution in [-0.2, 0) is 26.3 Å². The molecular weight excluding hydrogens is 747 g/mol. The fourth-order valence-corrected chi connectivity index (χ4v) is 6.11. The van der Waals surface area contributed by atoms with E-state index in [0.29, 0.717) is 56.0 Å². The first-order valence-corrected chi connectivity index (χ1v) is 19.0. The Balaban J connectivity index is 0.963. The number of fused-ring (bicyclic) bond motifs is 1. The van der Waals surface area contributed by atoms with Crippen molar-refractivity contribution in [1.29, 1.82) is 0 Å². The third-order valence-electron chi connectivity index (χ3n) is 8.31. The summed E-state index contributed by atoms with van der Waals surface area (Å²) in [4.78, 5) is 60.6. The molecule has 0 aliphatic heterocycles. The molecule has 5 rings (SSSR count). The normalized spacial score (nSPS) is 11.9. The summed E-state index contributed by atoms with van der Waals surface area (Å²) in [6, 6.07) is 12.6. The van der Waals surface area contributed by atoms with Gasteiger partial charge in [-0.2, -0.15) is 18.6 Å². The Morgan fingerprint density at radius 3 is 2.46 bits per heavy atom. The highest BCUT2D eigenvalue weighted by atomic mass is 32.2. The summed E-state index contributed by atoms with van der Waals surface area (Å²) < 4.78 is 34.2. The van der Waals surface area contributed by atoms with Gasteiger partial charge in [0.1, 0.15) is 16.8 Å². The molecule has 56 heavy (non-hydrogen) atoms. The lowest BCUT2D eigenvalue weighted by Gasteiger charge is -2.15. The lowest BCUT2D eigenvalue weighted by Crippen LogP contribution is -2.48. The summed E-state index contributed by atoms with van der Waals surface area (Å²) >= 11 is 0. The molecule has 0 fully saturated rings. The highest BCUT2D eigenvalue weighted by Gasteiger charge is 2.21. The van der Waals surface area contributed by atoms with Crippen molar-refractivity contribution in [3.63, 3.8) is 0 Å². The number of aryl methyl sites for hydroxylation is 1. The quantitative estimate of drug-likeness (QED) is 0.0230. The molecule has 20 heteroatoms. The maximum Gasteiger partial charge on any atom is 0.328 e. The molecule has 3 aromatic heterocycles. The van der Waals surface area contributed by atoms with E-state index < -0.39 is 33.9 Å². The van der Waals surface area contributed by atoms with Gasteiger partial charge in [0, 0.05) is 67.7 Å². The van der Waals surface area contributed by atoms with E-state index >= 15 is 0 Å². The van der Waals surface area contributed by atoms with Gasteiger partial charge in [-0.1, -0.05) is 24.6 Å². The second-order valence-corrected chi connectivity index (χ2v) is 13.8. The molecule has 0 unspecified atom stereocenters. The number of imidazole rings is 1. The second kappa shape index (κ2) is 19.6. The Kier molecular flexibility index (Phi) is 14.2. The number of anilines is 2. The van der Waals surface area contributed by atoms with E-state index in [1.165, 1.54) is 42.7 Å². The second-order valence-electron chi connectivity index (χ2n) is 12.4. The van der Waals surface area contributed by atoms with Crippen molar-refractivity contribution in [2.24, 2.45) is 5.10 Å². The molecule has 0 spiro atoms. The number of hydrogen-bond donors (Lipinski definition) is 8. The van der Waals surface area contributed by atoms with Crippen LogP contribution in [0.15, 0.2) is 89.4 Å². The average Bonchev–Trinajstić information content (AvgIpc) is 3.86. The van der Waals surface area contributed by atoms with Crippen LogP contribution in [0.4, 0.5) is 11.8 Å². The molecule has 19 nitrogen and oxygen atoms in total. The molecule has 8 N–H and O–H groups in total. The smallest absolute Gasteiger partial charge is 0.328 e. The molecule has 2 aromatic carbocycles. The van der Waals surface area contributed by atoms with E-state index in [0.717, 1.165) is 17.3 Å². The molecule has 294 valence electrons. The number of H-pyrrole nitrogens is 1. The van der Waals surface area contributed by atoms with Gasteiger partial charge >= 0.3 is 5.97 Å². The van der Waals surface area contributed by atoms with Gasteiger partial charge in [0.25, 0.3) is 21.9 Å². The fraction of sp³-hybridized carbons (Fsp3) is 0.278. The molecule has 5 aromatic rings. The van der Waals surface area contributed by atoms with Gasteiger partial charge in [-0.25, -0.2) is 14.8 Å². The van der Waals surface area contributed by atoms with Crippen molar-refractivity contribution in [2.75, 3.05) is 30.4 Å². The lowest BCUT2D eigenvalue weighted by atomic mass is 10.1. The number of pyridine rings is 1. The standard InChI is InChI=1S/C36H41N11O8S/c48-32(9-2-1-5-14-37-34(50)26-11-13-31(41-20-26)46-43-21-25-7-3-4-8-30(25)56(53,54)55)45-28(35(51)52)23-42-33(49)24-10-12-29-27(19-24)22-44-47(29)18-6-15-38-36-39-16-17-40-36/h3-4,7-8,10-13,16-17,19-22,28H,1-2,5-6,9,14-15,18,23H2,(H,37,50)(H,41,46)(H,42,49)(H,45,48)(H,51,52)(H2,38,39,40)(H,53,54,55)/b43-21+/t28-/m0/s1. The van der Waals surface area contributed by atoms with Crippen molar-refractivity contribution in [1.82, 2.24) is 40.7 Å². The Hall–Kier alpha value is -6.67. The summed E-state index contributed by atoms with van der Waals surface area (Å²) in [6.07, 6.45) is 10.1. The number of aliphatic carboxylic acids is 1. The van der Waals surface area contributed by atoms with Crippen molar-refractivity contribution in [2.45, 2.75) is 49.6 Å². The Morgan fingerprint density at radius 1 is 0.911 bits per heavy atom. The number of nitrogens with one attached hydrogen (secondary N) is 6. The minimum atomic E-state index is -4.42. The molecule has 3 heterocycles. The lowest BCUT2D eigenvalue weighted by molar-refractivity contribution is -0.141. The van der Waals surface area contributed by atoms with Crippen LogP contribution in [0.2, 0.25) is 0 Å². The molecule has 1 atom stereocenters. The van der Waals surface area contributed by atoms with Crippen molar-refractivity contribution in [3.8, 4) is 0 Å². The fourth-order valence-electron chi connectivity index (χ4n) is 5.44. The highest BCUT2D eigenvalue weighted by molar-refractivity contribution is 7.86. The minimum absolute atomic E-state index is 0.0630. The van der Waals surface area contributed by atoms with Crippen LogP contribution >= 0.6 is 0 Å². The molecule has 0 bridgehead atoms. The Labute approximate surface area is 321 Å². The van der Waals surface area contributed by atoms with E-state index in [1.807, 2.05) is 4.68 Å². The summed E-state index contributed by atoms with van der Waals surface area (Å²) in [5.74, 6) is -1.63. The number of hydrazone groups is 1. The third kappa shape index (κ3) is 11.9. The number of rotatable bonds is 21. The van der Waals surface area contributed by atoms with E-state index in [9.17, 15) is 37.3 Å². The van der Waals surface area contributed by atoms with Crippen molar-refractivity contribution in [3.05, 3.63) is 96.1 Å². The monoisotopic (exact) mass is 787 g/mol. The van der Waals surface area contributed by atoms with Crippen LogP contribution in [0, 0.1) is 0 Å². The van der Waals surface area contributed by atoms with Crippen molar-refractivity contribution >= 4 is 62.7 Å². The number of carboxylic acid groups (broad SMARTS) is 1. The number of hydrogen-bond acceptors (Lipinski definition) is 12. The molecule has 0 saturated carbocycles. The van der Waals surface area contributed by atoms with Gasteiger partial charge in [-0.05, 0) is 55.7 Å². The number of aromatic nitrogens is 5. The number of carboxylic acids is 1. The first kappa shape index (κ1) is 40.5. The van der Waals surface area contributed by atoms with E-state index in [2.05, 4.69) is 51.8 Å². The van der Waals surface area contributed by atoms with Crippen LogP contribution < -0.4 is 26.7 Å². The molecular formula is C36H41N11O8S. The summed E-state index contributed by atoms with van der Waals surface area (Å²) in [6.45, 7) is 1.36. The van der Waals surface area contributed by atoms with Crippen molar-refractivity contribution < 1.29 is 37.3 Å². The molecule has 3 amide bonds. The number of aromatic amines is 1. The molecule has 0 aliphatic rings. The predicted octanol–water partition coefficient (Wildman–Crippen LogP) is 2.64. The van der Waals surface area contributed by atoms with Gasteiger partial charge in [0.15, 0.2) is 5.95 Å². The molecule has 0 saturated heterocycles. The number of nitrogens with zero attached hydrogens (tertiary/aromatic N) is 5. The first-order chi connectivity index (χ1) is 27.0. The summed E-state index contributed by atoms with van der Waals surface area (Å²) in [5.41, 5.74) is 4.27. The number of carbonyl (C=O) groups is 4. The molecule has 0 aliphatic carbocycles. The van der Waals surface area contributed by atoms with E-state index in [-0.39, 0.29) is 35.1 Å². The minimum Gasteiger partial charge on any atom is -0.480 e. The van der Waals surface area contributed by atoms with E-state index in [1.54, 1.807) is 42.9 Å². The van der Waals surface area contributed by atoms with Gasteiger partial charge < -0.3 is 31.4 Å². The Bertz CT molecular complexity index is 2260. The number of unbranched alkanes of at least 4 members (excludes halogenated alkanes) is 2. The largest absolute Gasteiger partial charge is 0.480 e. The highest BCUT2D eigenvalue weighted by Crippen LogP contribution is 2.17. The van der Waals surface area contributed by atoms with Gasteiger partial charge in [0.2, 0.25) is 5.91 Å². The zero-order valence-electron chi connectivity index (χ0n) is 30.0. The number of benzene rings is 2. The third-order valence-corrected chi connectivity index (χ3v) is 9.24. The van der Waals surface area contributed by atoms with Gasteiger partial charge in [-0.3, -0.25) is 29.0 Å². The molecule has 0 radical (unpaired) electrons. The van der Waals surface area contributed by atoms with E-state index in [4.69, 9.17) is 0 Å². The zero-order valence-corrected chi connectivity index (χ0v) is 30.8. The summed E-state index contributed by atoms with van der Waals surface area (Å²) in [7, 11) is -4.42. The number of carbonyl (C=O) groups excluding carboxylic acids is 3. The van der Waals surface area contributed by atoms with Crippen LogP contribution in [0.5, 0.6) is 0 Å². The summed E-state index contributed by atoms with van der Waals surface area (Å²) in [5, 5.41) is 29.7. The first-order valence-electron chi connectivity index (χ1n) is 17.6. The van der Waals surface area contributed by atoms with Crippen LogP contribution in [0.25, 0.3) is 10.9 Å². The maximum atomic E-state index is 12.9. The average molecular weight is 788 g/mol. The Morgan fingerprint density at radius 2 is 1.71 bits per heavy atom. The predicted molar refractivity (Wildman–Crippen MR) is 206 cm³/mol. The topological polar surface area (TPSA) is 275 Å². The van der Waals surface area contributed by atoms with Crippen LogP contribution in [0.3, 0.4) is 0 Å². The SMILES string of the molecule is O=C(CCCCCNC(=O)c1ccc(N/N=C/c2ccccc2S(=O)(=O)O)nc1)N[C@@H](CNC(=O)c1ccc2c(cnn2CCCNc2ncc[nH]2)c1)C(=O)O. The zero-order chi connectivity index (χ0) is 39.9. The van der Waals surface area contributed by atoms with Gasteiger partial charge in [0.05, 0.1) is 23.5 Å². The maximum absolute atomic E-state index is 12.9.